The molecule has 1 heterocycles. The third-order valence-corrected chi connectivity index (χ3v) is 3.20. The summed E-state index contributed by atoms with van der Waals surface area (Å²) in [7, 11) is 6.69. The highest BCUT2D eigenvalue weighted by Crippen LogP contribution is 2.32. The first-order chi connectivity index (χ1) is 10.2. The van der Waals surface area contributed by atoms with E-state index in [1.54, 1.807) is 27.4 Å². The van der Waals surface area contributed by atoms with Crippen molar-refractivity contribution in [3.63, 3.8) is 0 Å². The highest BCUT2D eigenvalue weighted by atomic mass is 16.5. The summed E-state index contributed by atoms with van der Waals surface area (Å²) in [5.74, 6) is 1.99. The molecule has 0 aliphatic rings. The zero-order valence-corrected chi connectivity index (χ0v) is 12.6. The molecule has 0 saturated heterocycles. The van der Waals surface area contributed by atoms with Crippen LogP contribution in [0.5, 0.6) is 17.4 Å². The van der Waals surface area contributed by atoms with Crippen molar-refractivity contribution in [3.8, 4) is 17.4 Å². The summed E-state index contributed by atoms with van der Waals surface area (Å²) >= 11 is 0. The van der Waals surface area contributed by atoms with E-state index in [0.717, 1.165) is 22.8 Å². The molecule has 6 heteroatoms. The lowest BCUT2D eigenvalue weighted by atomic mass is 10.0. The van der Waals surface area contributed by atoms with Crippen LogP contribution < -0.4 is 19.5 Å². The molecule has 1 aromatic heterocycles. The topological polar surface area (TPSA) is 65.5 Å². The molecular formula is C15H19N3O3. The normalized spacial score (nSPS) is 11.8. The number of aromatic nitrogens is 2. The Morgan fingerprint density at radius 2 is 1.76 bits per heavy atom. The second-order valence-electron chi connectivity index (χ2n) is 4.33. The van der Waals surface area contributed by atoms with Gasteiger partial charge in [0.2, 0.25) is 5.88 Å². The van der Waals surface area contributed by atoms with Crippen molar-refractivity contribution in [3.05, 3.63) is 41.6 Å². The predicted molar refractivity (Wildman–Crippen MR) is 79.0 cm³/mol. The van der Waals surface area contributed by atoms with Crippen molar-refractivity contribution >= 4 is 0 Å². The van der Waals surface area contributed by atoms with Crippen molar-refractivity contribution in [1.82, 2.24) is 15.5 Å². The van der Waals surface area contributed by atoms with Gasteiger partial charge in [-0.1, -0.05) is 0 Å². The van der Waals surface area contributed by atoms with Gasteiger partial charge in [-0.3, -0.25) is 0 Å². The Bertz CT molecular complexity index is 587. The highest BCUT2D eigenvalue weighted by molar-refractivity contribution is 5.45. The van der Waals surface area contributed by atoms with Crippen LogP contribution in [0.25, 0.3) is 0 Å². The third kappa shape index (κ3) is 3.22. The van der Waals surface area contributed by atoms with Gasteiger partial charge < -0.3 is 19.5 Å². The Balaban J connectivity index is 2.43. The van der Waals surface area contributed by atoms with E-state index in [9.17, 15) is 0 Å². The van der Waals surface area contributed by atoms with Gasteiger partial charge in [0.15, 0.2) is 0 Å². The van der Waals surface area contributed by atoms with Crippen LogP contribution in [-0.4, -0.2) is 38.6 Å². The highest BCUT2D eigenvalue weighted by Gasteiger charge is 2.19. The Morgan fingerprint density at radius 3 is 2.29 bits per heavy atom. The number of nitrogens with zero attached hydrogens (tertiary/aromatic N) is 2. The maximum Gasteiger partial charge on any atom is 0.233 e. The quantitative estimate of drug-likeness (QED) is 0.875. The molecule has 0 radical (unpaired) electrons. The fourth-order valence-electron chi connectivity index (χ4n) is 2.12. The van der Waals surface area contributed by atoms with Gasteiger partial charge in [-0.2, -0.15) is 0 Å². The van der Waals surface area contributed by atoms with Gasteiger partial charge in [0, 0.05) is 11.6 Å². The van der Waals surface area contributed by atoms with Crippen LogP contribution in [0.1, 0.15) is 17.3 Å². The van der Waals surface area contributed by atoms with Gasteiger partial charge in [-0.05, 0) is 31.3 Å². The first-order valence-electron chi connectivity index (χ1n) is 6.50. The first-order valence-corrected chi connectivity index (χ1v) is 6.50. The van der Waals surface area contributed by atoms with Gasteiger partial charge in [0.05, 0.1) is 33.1 Å². The number of rotatable bonds is 6. The van der Waals surface area contributed by atoms with Gasteiger partial charge in [-0.25, -0.2) is 0 Å². The van der Waals surface area contributed by atoms with Crippen LogP contribution >= 0.6 is 0 Å². The number of benzene rings is 1. The number of hydrogen-bond donors (Lipinski definition) is 1. The molecule has 2 aromatic rings. The molecule has 0 amide bonds. The maximum absolute atomic E-state index is 5.43. The van der Waals surface area contributed by atoms with Crippen LogP contribution in [0.3, 0.4) is 0 Å². The Kier molecular flexibility index (Phi) is 4.94. The van der Waals surface area contributed by atoms with Crippen molar-refractivity contribution in [2.75, 3.05) is 28.4 Å². The van der Waals surface area contributed by atoms with Crippen LogP contribution in [0.15, 0.2) is 30.3 Å². The summed E-state index contributed by atoms with van der Waals surface area (Å²) < 4.78 is 15.7. The van der Waals surface area contributed by atoms with Gasteiger partial charge in [0.25, 0.3) is 0 Å². The fraction of sp³-hybridized carbons (Fsp3) is 0.333. The van der Waals surface area contributed by atoms with Crippen molar-refractivity contribution in [2.45, 2.75) is 6.04 Å². The summed E-state index contributed by atoms with van der Waals surface area (Å²) in [5, 5.41) is 11.4. The van der Waals surface area contributed by atoms with Crippen LogP contribution in [0.2, 0.25) is 0 Å². The molecular weight excluding hydrogens is 270 g/mol. The van der Waals surface area contributed by atoms with E-state index in [-0.39, 0.29) is 6.04 Å². The third-order valence-electron chi connectivity index (χ3n) is 3.20. The lowest BCUT2D eigenvalue weighted by Gasteiger charge is -2.19. The Morgan fingerprint density at radius 1 is 0.952 bits per heavy atom. The van der Waals surface area contributed by atoms with Gasteiger partial charge >= 0.3 is 0 Å². The van der Waals surface area contributed by atoms with Crippen LogP contribution in [-0.2, 0) is 0 Å². The van der Waals surface area contributed by atoms with Gasteiger partial charge in [-0.15, -0.1) is 10.2 Å². The van der Waals surface area contributed by atoms with E-state index in [4.69, 9.17) is 14.2 Å². The van der Waals surface area contributed by atoms with E-state index in [1.165, 1.54) is 0 Å². The number of methoxy groups -OCH3 is 3. The van der Waals surface area contributed by atoms with E-state index in [2.05, 4.69) is 15.5 Å². The predicted octanol–water partition coefficient (Wildman–Crippen LogP) is 1.81. The summed E-state index contributed by atoms with van der Waals surface area (Å²) in [4.78, 5) is 0. The Labute approximate surface area is 124 Å². The summed E-state index contributed by atoms with van der Waals surface area (Å²) in [5.41, 5.74) is 1.70. The summed E-state index contributed by atoms with van der Waals surface area (Å²) in [6, 6.07) is 9.13. The molecule has 1 unspecified atom stereocenters. The molecule has 21 heavy (non-hydrogen) atoms. The summed E-state index contributed by atoms with van der Waals surface area (Å²) in [6.45, 7) is 0. The van der Waals surface area contributed by atoms with Crippen molar-refractivity contribution in [1.29, 1.82) is 0 Å². The average molecular weight is 289 g/mol. The van der Waals surface area contributed by atoms with E-state index in [1.807, 2.05) is 31.3 Å². The number of hydrogen-bond acceptors (Lipinski definition) is 6. The number of ether oxygens (including phenoxy) is 3. The Hall–Kier alpha value is -2.34. The molecule has 0 spiro atoms. The molecule has 0 aliphatic heterocycles. The van der Waals surface area contributed by atoms with E-state index >= 15 is 0 Å². The van der Waals surface area contributed by atoms with E-state index in [0.29, 0.717) is 5.88 Å². The summed E-state index contributed by atoms with van der Waals surface area (Å²) in [6.07, 6.45) is 0. The second kappa shape index (κ2) is 6.90. The van der Waals surface area contributed by atoms with Crippen LogP contribution in [0.4, 0.5) is 0 Å². The van der Waals surface area contributed by atoms with Gasteiger partial charge in [0.1, 0.15) is 11.5 Å². The molecule has 2 rings (SSSR count). The molecule has 112 valence electrons. The smallest absolute Gasteiger partial charge is 0.233 e. The molecule has 1 N–H and O–H groups in total. The molecule has 0 saturated carbocycles. The number of nitrogens with one attached hydrogen (secondary N) is 1. The first kappa shape index (κ1) is 15.1. The monoisotopic (exact) mass is 289 g/mol. The second-order valence-corrected chi connectivity index (χ2v) is 4.33. The SMILES string of the molecule is CNC(c1ccc(OC)nn1)c1cc(OC)ccc1OC. The molecule has 6 nitrogen and oxygen atoms in total. The molecule has 0 fully saturated rings. The standard InChI is InChI=1S/C15H19N3O3/c1-16-15(12-6-8-14(21-4)18-17-12)11-9-10(19-2)5-7-13(11)20-3/h5-9,15-16H,1-4H3. The minimum atomic E-state index is -0.159. The largest absolute Gasteiger partial charge is 0.497 e. The molecule has 1 aromatic carbocycles. The fourth-order valence-corrected chi connectivity index (χ4v) is 2.12. The average Bonchev–Trinajstić information content (AvgIpc) is 2.56. The maximum atomic E-state index is 5.43. The molecule has 0 bridgehead atoms. The van der Waals surface area contributed by atoms with Crippen molar-refractivity contribution in [2.24, 2.45) is 0 Å². The lowest BCUT2D eigenvalue weighted by molar-refractivity contribution is 0.387. The van der Waals surface area contributed by atoms with Crippen LogP contribution in [0, 0.1) is 0 Å². The molecule has 1 atom stereocenters. The minimum Gasteiger partial charge on any atom is -0.497 e. The van der Waals surface area contributed by atoms with Crippen molar-refractivity contribution < 1.29 is 14.2 Å². The van der Waals surface area contributed by atoms with E-state index < -0.39 is 0 Å². The molecule has 0 aliphatic carbocycles. The zero-order valence-electron chi connectivity index (χ0n) is 12.6. The zero-order chi connectivity index (χ0) is 15.2. The lowest BCUT2D eigenvalue weighted by Crippen LogP contribution is -2.20. The minimum absolute atomic E-state index is 0.159.